The van der Waals surface area contributed by atoms with Crippen molar-refractivity contribution in [2.75, 3.05) is 6.54 Å². The van der Waals surface area contributed by atoms with E-state index in [0.717, 1.165) is 5.56 Å². The molecule has 0 saturated heterocycles. The average Bonchev–Trinajstić information content (AvgIpc) is 2.31. The molecule has 0 radical (unpaired) electrons. The lowest BCUT2D eigenvalue weighted by Gasteiger charge is -2.09. The summed E-state index contributed by atoms with van der Waals surface area (Å²) >= 11 is 5.83. The van der Waals surface area contributed by atoms with Crippen LogP contribution in [0.1, 0.15) is 29.3 Å². The second-order valence-electron chi connectivity index (χ2n) is 4.24. The largest absolute Gasteiger partial charge is 0.481 e. The third-order valence-corrected chi connectivity index (χ3v) is 2.96. The van der Waals surface area contributed by atoms with Crippen LogP contribution in [0.15, 0.2) is 18.2 Å². The minimum atomic E-state index is -0.858. The first-order valence-electron chi connectivity index (χ1n) is 5.69. The highest BCUT2D eigenvalue weighted by molar-refractivity contribution is 6.31. The number of carbonyl (C=O) groups excluding carboxylic acids is 1. The molecular weight excluding hydrogens is 254 g/mol. The molecule has 1 atom stereocenters. The third-order valence-electron chi connectivity index (χ3n) is 2.73. The number of hydrogen-bond acceptors (Lipinski definition) is 2. The molecule has 0 aliphatic carbocycles. The first-order chi connectivity index (χ1) is 8.41. The van der Waals surface area contributed by atoms with Crippen molar-refractivity contribution in [2.45, 2.75) is 20.3 Å². The zero-order valence-electron chi connectivity index (χ0n) is 10.4. The predicted octanol–water partition coefficient (Wildman–Crippen LogP) is 2.49. The van der Waals surface area contributed by atoms with Crippen LogP contribution < -0.4 is 5.32 Å². The molecule has 98 valence electrons. The van der Waals surface area contributed by atoms with Gasteiger partial charge < -0.3 is 10.4 Å². The maximum Gasteiger partial charge on any atom is 0.306 e. The van der Waals surface area contributed by atoms with Crippen molar-refractivity contribution >= 4 is 23.5 Å². The van der Waals surface area contributed by atoms with E-state index in [9.17, 15) is 9.59 Å². The van der Waals surface area contributed by atoms with Crippen LogP contribution >= 0.6 is 11.6 Å². The normalized spacial score (nSPS) is 11.9. The summed E-state index contributed by atoms with van der Waals surface area (Å²) in [5, 5.41) is 11.9. The van der Waals surface area contributed by atoms with E-state index in [1.54, 1.807) is 25.1 Å². The van der Waals surface area contributed by atoms with E-state index >= 15 is 0 Å². The van der Waals surface area contributed by atoms with E-state index in [-0.39, 0.29) is 5.91 Å². The number of carboxylic acids is 1. The van der Waals surface area contributed by atoms with Crippen LogP contribution in [-0.4, -0.2) is 23.5 Å². The van der Waals surface area contributed by atoms with Gasteiger partial charge in [0.15, 0.2) is 0 Å². The van der Waals surface area contributed by atoms with Gasteiger partial charge in [-0.1, -0.05) is 24.6 Å². The number of rotatable bonds is 5. The van der Waals surface area contributed by atoms with Crippen LogP contribution in [0.25, 0.3) is 0 Å². The van der Waals surface area contributed by atoms with E-state index in [1.807, 2.05) is 6.92 Å². The van der Waals surface area contributed by atoms with Crippen LogP contribution in [0.3, 0.4) is 0 Å². The summed E-state index contributed by atoms with van der Waals surface area (Å²) in [4.78, 5) is 22.5. The summed E-state index contributed by atoms with van der Waals surface area (Å²) in [6.45, 7) is 3.77. The Labute approximate surface area is 111 Å². The number of nitrogens with one attached hydrogen (secondary N) is 1. The molecule has 1 aromatic rings. The molecule has 4 nitrogen and oxygen atoms in total. The van der Waals surface area contributed by atoms with Crippen molar-refractivity contribution in [1.29, 1.82) is 0 Å². The summed E-state index contributed by atoms with van der Waals surface area (Å²) in [5.74, 6) is -1.55. The molecule has 0 aliphatic rings. The second-order valence-corrected chi connectivity index (χ2v) is 4.68. The van der Waals surface area contributed by atoms with Gasteiger partial charge in [-0.05, 0) is 31.0 Å². The van der Waals surface area contributed by atoms with Crippen molar-refractivity contribution in [3.63, 3.8) is 0 Å². The fourth-order valence-corrected chi connectivity index (χ4v) is 1.63. The maximum absolute atomic E-state index is 11.9. The van der Waals surface area contributed by atoms with Crippen molar-refractivity contribution < 1.29 is 14.7 Å². The number of benzene rings is 1. The van der Waals surface area contributed by atoms with Crippen LogP contribution in [0.4, 0.5) is 0 Å². The summed E-state index contributed by atoms with van der Waals surface area (Å²) in [6, 6.07) is 5.10. The minimum Gasteiger partial charge on any atom is -0.481 e. The number of aliphatic carboxylic acids is 1. The molecule has 0 heterocycles. The van der Waals surface area contributed by atoms with Gasteiger partial charge in [-0.25, -0.2) is 0 Å². The number of halogens is 1. The smallest absolute Gasteiger partial charge is 0.306 e. The Balaban J connectivity index is 2.55. The Morgan fingerprint density at radius 2 is 2.11 bits per heavy atom. The number of carboxylic acid groups (broad SMARTS) is 1. The predicted molar refractivity (Wildman–Crippen MR) is 69.9 cm³/mol. The SMILES string of the molecule is Cc1ccc(Cl)cc1C(=O)NCCC(C)C(=O)O. The van der Waals surface area contributed by atoms with Gasteiger partial charge in [0.25, 0.3) is 5.91 Å². The molecule has 0 fully saturated rings. The molecule has 1 amide bonds. The molecule has 18 heavy (non-hydrogen) atoms. The quantitative estimate of drug-likeness (QED) is 0.863. The van der Waals surface area contributed by atoms with Gasteiger partial charge in [0.05, 0.1) is 5.92 Å². The summed E-state index contributed by atoms with van der Waals surface area (Å²) in [5.41, 5.74) is 1.36. The van der Waals surface area contributed by atoms with E-state index in [4.69, 9.17) is 16.7 Å². The van der Waals surface area contributed by atoms with Gasteiger partial charge in [0.1, 0.15) is 0 Å². The molecule has 5 heteroatoms. The Morgan fingerprint density at radius 3 is 2.72 bits per heavy atom. The highest BCUT2D eigenvalue weighted by atomic mass is 35.5. The van der Waals surface area contributed by atoms with Gasteiger partial charge in [-0.2, -0.15) is 0 Å². The van der Waals surface area contributed by atoms with Crippen molar-refractivity contribution in [3.05, 3.63) is 34.3 Å². The topological polar surface area (TPSA) is 66.4 Å². The molecule has 2 N–H and O–H groups in total. The number of aryl methyl sites for hydroxylation is 1. The zero-order chi connectivity index (χ0) is 13.7. The van der Waals surface area contributed by atoms with Gasteiger partial charge in [-0.3, -0.25) is 9.59 Å². The molecule has 1 rings (SSSR count). The first-order valence-corrected chi connectivity index (χ1v) is 6.06. The number of carbonyl (C=O) groups is 2. The molecule has 0 spiro atoms. The van der Waals surface area contributed by atoms with Gasteiger partial charge in [0, 0.05) is 17.1 Å². The Kier molecular flexibility index (Phi) is 5.16. The highest BCUT2D eigenvalue weighted by Gasteiger charge is 2.12. The zero-order valence-corrected chi connectivity index (χ0v) is 11.1. The van der Waals surface area contributed by atoms with Crippen molar-refractivity contribution in [2.24, 2.45) is 5.92 Å². The first kappa shape index (κ1) is 14.5. The number of amides is 1. The van der Waals surface area contributed by atoms with Crippen LogP contribution in [0.2, 0.25) is 5.02 Å². The monoisotopic (exact) mass is 269 g/mol. The fourth-order valence-electron chi connectivity index (χ4n) is 1.46. The van der Waals surface area contributed by atoms with Gasteiger partial charge in [-0.15, -0.1) is 0 Å². The van der Waals surface area contributed by atoms with Crippen molar-refractivity contribution in [1.82, 2.24) is 5.32 Å². The van der Waals surface area contributed by atoms with Crippen molar-refractivity contribution in [3.8, 4) is 0 Å². The molecule has 0 aromatic heterocycles. The van der Waals surface area contributed by atoms with Crippen LogP contribution in [-0.2, 0) is 4.79 Å². The Morgan fingerprint density at radius 1 is 1.44 bits per heavy atom. The van der Waals surface area contributed by atoms with Gasteiger partial charge in [0.2, 0.25) is 0 Å². The Bertz CT molecular complexity index is 460. The lowest BCUT2D eigenvalue weighted by Crippen LogP contribution is -2.27. The molecule has 0 aliphatic heterocycles. The second kappa shape index (κ2) is 6.40. The maximum atomic E-state index is 11.9. The van der Waals surface area contributed by atoms with E-state index in [2.05, 4.69) is 5.32 Å². The fraction of sp³-hybridized carbons (Fsp3) is 0.385. The molecule has 0 bridgehead atoms. The van der Waals surface area contributed by atoms with Crippen LogP contribution in [0, 0.1) is 12.8 Å². The highest BCUT2D eigenvalue weighted by Crippen LogP contribution is 2.15. The summed E-state index contributed by atoms with van der Waals surface area (Å²) in [6.07, 6.45) is 0.403. The summed E-state index contributed by atoms with van der Waals surface area (Å²) < 4.78 is 0. The lowest BCUT2D eigenvalue weighted by atomic mass is 10.1. The molecule has 1 unspecified atom stereocenters. The standard InChI is InChI=1S/C13H16ClNO3/c1-8-3-4-10(14)7-11(8)12(16)15-6-5-9(2)13(17)18/h3-4,7,9H,5-6H2,1-2H3,(H,15,16)(H,17,18). The molecule has 1 aromatic carbocycles. The van der Waals surface area contributed by atoms with E-state index < -0.39 is 11.9 Å². The lowest BCUT2D eigenvalue weighted by molar-refractivity contribution is -0.141. The molecule has 0 saturated carbocycles. The van der Waals surface area contributed by atoms with E-state index in [1.165, 1.54) is 0 Å². The Hall–Kier alpha value is -1.55. The molecular formula is C13H16ClNO3. The average molecular weight is 270 g/mol. The third kappa shape index (κ3) is 4.04. The summed E-state index contributed by atoms with van der Waals surface area (Å²) in [7, 11) is 0. The van der Waals surface area contributed by atoms with Gasteiger partial charge >= 0.3 is 5.97 Å². The van der Waals surface area contributed by atoms with E-state index in [0.29, 0.717) is 23.6 Å². The van der Waals surface area contributed by atoms with Crippen LogP contribution in [0.5, 0.6) is 0 Å². The minimum absolute atomic E-state index is 0.229. The number of hydrogen-bond donors (Lipinski definition) is 2.